The highest BCUT2D eigenvalue weighted by molar-refractivity contribution is 5.83. The lowest BCUT2D eigenvalue weighted by molar-refractivity contribution is -0.142. The molecule has 1 amide bonds. The van der Waals surface area contributed by atoms with Gasteiger partial charge in [-0.15, -0.1) is 0 Å². The third kappa shape index (κ3) is 2.52. The highest BCUT2D eigenvalue weighted by Gasteiger charge is 2.51. The minimum atomic E-state index is -0.202. The molecule has 0 aromatic heterocycles. The van der Waals surface area contributed by atoms with Crippen molar-refractivity contribution in [2.45, 2.75) is 58.6 Å². The number of hydrogen-bond acceptors (Lipinski definition) is 3. The molecule has 4 heteroatoms. The number of ether oxygens (including phenoxy) is 1. The van der Waals surface area contributed by atoms with Crippen LogP contribution >= 0.6 is 0 Å². The van der Waals surface area contributed by atoms with Crippen LogP contribution in [0.15, 0.2) is 0 Å². The molecule has 2 rings (SSSR count). The van der Waals surface area contributed by atoms with E-state index in [1.165, 1.54) is 0 Å². The lowest BCUT2D eigenvalue weighted by atomic mass is 9.64. The second-order valence-electron chi connectivity index (χ2n) is 6.72. The van der Waals surface area contributed by atoms with Gasteiger partial charge in [-0.05, 0) is 32.2 Å². The molecule has 3 atom stereocenters. The van der Waals surface area contributed by atoms with Gasteiger partial charge in [0.2, 0.25) is 5.91 Å². The molecule has 2 N–H and O–H groups in total. The standard InChI is InChI=1S/C15H28N2O2/c1-5-15(7-6-8-16-10-15)13(18)17-11-9-12(19-4)14(11,2)3/h11-12,16H,5-10H2,1-4H3,(H,17,18). The van der Waals surface area contributed by atoms with Gasteiger partial charge in [0, 0.05) is 25.1 Å². The zero-order valence-electron chi connectivity index (χ0n) is 12.7. The van der Waals surface area contributed by atoms with E-state index >= 15 is 0 Å². The molecule has 1 heterocycles. The molecule has 0 radical (unpaired) electrons. The highest BCUT2D eigenvalue weighted by atomic mass is 16.5. The van der Waals surface area contributed by atoms with Crippen LogP contribution < -0.4 is 10.6 Å². The van der Waals surface area contributed by atoms with Crippen molar-refractivity contribution in [3.63, 3.8) is 0 Å². The second kappa shape index (κ2) is 5.41. The van der Waals surface area contributed by atoms with Crippen LogP contribution in [0.4, 0.5) is 0 Å². The second-order valence-corrected chi connectivity index (χ2v) is 6.72. The Balaban J connectivity index is 1.97. The molecule has 19 heavy (non-hydrogen) atoms. The highest BCUT2D eigenvalue weighted by Crippen LogP contribution is 2.43. The summed E-state index contributed by atoms with van der Waals surface area (Å²) in [7, 11) is 1.75. The molecule has 0 bridgehead atoms. The zero-order chi connectivity index (χ0) is 14.1. The van der Waals surface area contributed by atoms with Crippen LogP contribution in [0.25, 0.3) is 0 Å². The Morgan fingerprint density at radius 2 is 2.21 bits per heavy atom. The van der Waals surface area contributed by atoms with Crippen molar-refractivity contribution >= 4 is 5.91 Å². The number of methoxy groups -OCH3 is 1. The molecular weight excluding hydrogens is 240 g/mol. The van der Waals surface area contributed by atoms with Gasteiger partial charge < -0.3 is 15.4 Å². The Bertz CT molecular complexity index is 335. The first-order valence-electron chi connectivity index (χ1n) is 7.51. The Morgan fingerprint density at radius 3 is 2.68 bits per heavy atom. The molecule has 2 aliphatic rings. The van der Waals surface area contributed by atoms with Gasteiger partial charge in [0.25, 0.3) is 0 Å². The molecular formula is C15H28N2O2. The van der Waals surface area contributed by atoms with Crippen LogP contribution in [0.3, 0.4) is 0 Å². The molecule has 3 unspecified atom stereocenters. The van der Waals surface area contributed by atoms with Crippen LogP contribution in [-0.2, 0) is 9.53 Å². The van der Waals surface area contributed by atoms with E-state index in [1.807, 2.05) is 0 Å². The van der Waals surface area contributed by atoms with Crippen molar-refractivity contribution in [3.05, 3.63) is 0 Å². The molecule has 0 aromatic carbocycles. The first-order chi connectivity index (χ1) is 8.96. The van der Waals surface area contributed by atoms with Crippen molar-refractivity contribution < 1.29 is 9.53 Å². The van der Waals surface area contributed by atoms with E-state index in [0.717, 1.165) is 38.8 Å². The Morgan fingerprint density at radius 1 is 1.47 bits per heavy atom. The first kappa shape index (κ1) is 14.8. The maximum Gasteiger partial charge on any atom is 0.227 e. The maximum atomic E-state index is 12.6. The van der Waals surface area contributed by atoms with E-state index in [9.17, 15) is 4.79 Å². The SMILES string of the molecule is CCC1(C(=O)NC2CC(OC)C2(C)C)CCCNC1. The van der Waals surface area contributed by atoms with Gasteiger partial charge in [-0.2, -0.15) is 0 Å². The van der Waals surface area contributed by atoms with Crippen LogP contribution in [0.5, 0.6) is 0 Å². The minimum absolute atomic E-state index is 0.0431. The third-order valence-corrected chi connectivity index (χ3v) is 5.40. The fourth-order valence-corrected chi connectivity index (χ4v) is 3.47. The van der Waals surface area contributed by atoms with Gasteiger partial charge >= 0.3 is 0 Å². The van der Waals surface area contributed by atoms with Gasteiger partial charge in [-0.3, -0.25) is 4.79 Å². The summed E-state index contributed by atoms with van der Waals surface area (Å²) in [5, 5.41) is 6.65. The number of carbonyl (C=O) groups is 1. The third-order valence-electron chi connectivity index (χ3n) is 5.40. The number of rotatable bonds is 4. The fourth-order valence-electron chi connectivity index (χ4n) is 3.47. The lowest BCUT2D eigenvalue weighted by Crippen LogP contribution is -2.64. The Hall–Kier alpha value is -0.610. The number of nitrogens with one attached hydrogen (secondary N) is 2. The van der Waals surface area contributed by atoms with E-state index in [-0.39, 0.29) is 28.9 Å². The van der Waals surface area contributed by atoms with E-state index < -0.39 is 0 Å². The monoisotopic (exact) mass is 268 g/mol. The molecule has 1 aliphatic carbocycles. The lowest BCUT2D eigenvalue weighted by Gasteiger charge is -2.52. The largest absolute Gasteiger partial charge is 0.381 e. The summed E-state index contributed by atoms with van der Waals surface area (Å²) in [6, 6.07) is 0.246. The molecule has 1 aliphatic heterocycles. The summed E-state index contributed by atoms with van der Waals surface area (Å²) in [6.45, 7) is 8.32. The molecule has 1 saturated carbocycles. The summed E-state index contributed by atoms with van der Waals surface area (Å²) >= 11 is 0. The average Bonchev–Trinajstić information content (AvgIpc) is 2.43. The fraction of sp³-hybridized carbons (Fsp3) is 0.933. The molecule has 0 spiro atoms. The summed E-state index contributed by atoms with van der Waals surface area (Å²) < 4.78 is 5.45. The molecule has 4 nitrogen and oxygen atoms in total. The van der Waals surface area contributed by atoms with Crippen molar-refractivity contribution in [1.82, 2.24) is 10.6 Å². The van der Waals surface area contributed by atoms with Gasteiger partial charge in [-0.25, -0.2) is 0 Å². The summed E-state index contributed by atoms with van der Waals surface area (Å²) in [5.74, 6) is 0.231. The van der Waals surface area contributed by atoms with Gasteiger partial charge in [-0.1, -0.05) is 20.8 Å². The number of carbonyl (C=O) groups excluding carboxylic acids is 1. The minimum Gasteiger partial charge on any atom is -0.381 e. The molecule has 2 fully saturated rings. The maximum absolute atomic E-state index is 12.6. The number of amides is 1. The van der Waals surface area contributed by atoms with E-state index in [0.29, 0.717) is 0 Å². The predicted molar refractivity (Wildman–Crippen MR) is 76.0 cm³/mol. The van der Waals surface area contributed by atoms with Gasteiger partial charge in [0.1, 0.15) is 0 Å². The summed E-state index contributed by atoms with van der Waals surface area (Å²) in [5.41, 5.74) is -0.159. The van der Waals surface area contributed by atoms with E-state index in [4.69, 9.17) is 4.74 Å². The molecule has 0 aromatic rings. The van der Waals surface area contributed by atoms with E-state index in [2.05, 4.69) is 31.4 Å². The normalized spacial score (nSPS) is 37.5. The molecule has 110 valence electrons. The van der Waals surface area contributed by atoms with Gasteiger partial charge in [0.05, 0.1) is 11.5 Å². The van der Waals surface area contributed by atoms with Crippen LogP contribution in [0, 0.1) is 10.8 Å². The number of piperidine rings is 1. The summed E-state index contributed by atoms with van der Waals surface area (Å²) in [6.07, 6.45) is 4.20. The predicted octanol–water partition coefficient (Wildman–Crippen LogP) is 1.70. The smallest absolute Gasteiger partial charge is 0.227 e. The van der Waals surface area contributed by atoms with Crippen LogP contribution in [-0.4, -0.2) is 38.3 Å². The van der Waals surface area contributed by atoms with Crippen LogP contribution in [0.1, 0.15) is 46.5 Å². The average molecular weight is 268 g/mol. The number of hydrogen-bond donors (Lipinski definition) is 2. The van der Waals surface area contributed by atoms with E-state index in [1.54, 1.807) is 7.11 Å². The Labute approximate surface area is 116 Å². The van der Waals surface area contributed by atoms with Crippen molar-refractivity contribution in [2.24, 2.45) is 10.8 Å². The topological polar surface area (TPSA) is 50.4 Å². The zero-order valence-corrected chi connectivity index (χ0v) is 12.7. The van der Waals surface area contributed by atoms with Crippen LogP contribution in [0.2, 0.25) is 0 Å². The quantitative estimate of drug-likeness (QED) is 0.816. The van der Waals surface area contributed by atoms with Crippen molar-refractivity contribution in [1.29, 1.82) is 0 Å². The summed E-state index contributed by atoms with van der Waals surface area (Å²) in [4.78, 5) is 12.6. The van der Waals surface area contributed by atoms with Crippen molar-refractivity contribution in [3.8, 4) is 0 Å². The Kier molecular flexibility index (Phi) is 4.21. The van der Waals surface area contributed by atoms with Crippen molar-refractivity contribution in [2.75, 3.05) is 20.2 Å². The first-order valence-corrected chi connectivity index (χ1v) is 7.51. The van der Waals surface area contributed by atoms with Gasteiger partial charge in [0.15, 0.2) is 0 Å². The molecule has 1 saturated heterocycles.